The number of rotatable bonds is 7. The minimum atomic E-state index is -3.87. The third-order valence-corrected chi connectivity index (χ3v) is 6.65. The van der Waals surface area contributed by atoms with Crippen LogP contribution in [-0.2, 0) is 10.0 Å². The van der Waals surface area contributed by atoms with Crippen molar-refractivity contribution < 1.29 is 12.8 Å². The Bertz CT molecular complexity index is 1710. The SMILES string of the molecule is Cc1ccc(Nc2cc(Nc3ccc(NS(=O)(=O)c4ccc5oc(=O)[nH]c5c4)cc3)nc(C)n2)cc1. The second-order valence-electron chi connectivity index (χ2n) is 8.16. The molecule has 0 amide bonds. The average Bonchev–Trinajstić information content (AvgIpc) is 3.21. The number of sulfonamides is 1. The van der Waals surface area contributed by atoms with Gasteiger partial charge in [-0.15, -0.1) is 0 Å². The van der Waals surface area contributed by atoms with Crippen LogP contribution in [0.2, 0.25) is 0 Å². The fourth-order valence-corrected chi connectivity index (χ4v) is 4.65. The van der Waals surface area contributed by atoms with Gasteiger partial charge in [0.2, 0.25) is 0 Å². The maximum Gasteiger partial charge on any atom is 0.417 e. The van der Waals surface area contributed by atoms with Gasteiger partial charge in [0.25, 0.3) is 10.0 Å². The highest BCUT2D eigenvalue weighted by molar-refractivity contribution is 7.92. The molecule has 0 radical (unpaired) electrons. The summed E-state index contributed by atoms with van der Waals surface area (Å²) < 4.78 is 33.0. The molecule has 11 heteroatoms. The van der Waals surface area contributed by atoms with Gasteiger partial charge < -0.3 is 15.1 Å². The predicted molar refractivity (Wildman–Crippen MR) is 139 cm³/mol. The summed E-state index contributed by atoms with van der Waals surface area (Å²) in [6.45, 7) is 3.83. The third-order valence-electron chi connectivity index (χ3n) is 5.27. The molecule has 0 atom stereocenters. The molecule has 4 N–H and O–H groups in total. The molecule has 3 aromatic carbocycles. The van der Waals surface area contributed by atoms with Gasteiger partial charge in [0, 0.05) is 23.1 Å². The van der Waals surface area contributed by atoms with E-state index in [1.807, 2.05) is 31.2 Å². The number of H-pyrrole nitrogens is 1. The molecule has 5 rings (SSSR count). The lowest BCUT2D eigenvalue weighted by molar-refractivity contribution is 0.555. The van der Waals surface area contributed by atoms with Crippen LogP contribution < -0.4 is 21.1 Å². The number of hydrogen-bond donors (Lipinski definition) is 4. The van der Waals surface area contributed by atoms with E-state index in [1.165, 1.54) is 23.8 Å². The van der Waals surface area contributed by atoms with E-state index in [4.69, 9.17) is 4.42 Å². The summed E-state index contributed by atoms with van der Waals surface area (Å²) in [6, 6.07) is 20.7. The molecule has 0 fully saturated rings. The van der Waals surface area contributed by atoms with Crippen molar-refractivity contribution in [2.24, 2.45) is 0 Å². The molecule has 5 aromatic rings. The van der Waals surface area contributed by atoms with Crippen molar-refractivity contribution in [3.05, 3.63) is 94.7 Å². The second kappa shape index (κ2) is 9.19. The molecule has 0 saturated carbocycles. The molecule has 0 aliphatic carbocycles. The standard InChI is InChI=1S/C25H22N6O4S/c1-15-3-5-17(6-4-15)28-23-14-24(27-16(2)26-23)29-18-7-9-19(10-8-18)31-36(33,34)20-11-12-22-21(13-20)30-25(32)35-22/h3-14,31H,1-2H3,(H,30,32)(H2,26,27,28,29). The van der Waals surface area contributed by atoms with E-state index in [-0.39, 0.29) is 10.5 Å². The highest BCUT2D eigenvalue weighted by atomic mass is 32.2. The van der Waals surface area contributed by atoms with Crippen LogP contribution in [0.25, 0.3) is 11.1 Å². The number of fused-ring (bicyclic) bond motifs is 1. The van der Waals surface area contributed by atoms with Crippen molar-refractivity contribution in [3.63, 3.8) is 0 Å². The van der Waals surface area contributed by atoms with Gasteiger partial charge >= 0.3 is 5.76 Å². The van der Waals surface area contributed by atoms with Crippen LogP contribution in [0.15, 0.2) is 86.9 Å². The van der Waals surface area contributed by atoms with Crippen molar-refractivity contribution >= 4 is 49.8 Å². The number of aromatic nitrogens is 3. The Hall–Kier alpha value is -4.64. The fourth-order valence-electron chi connectivity index (χ4n) is 3.56. The van der Waals surface area contributed by atoms with E-state index < -0.39 is 15.8 Å². The van der Waals surface area contributed by atoms with E-state index in [0.717, 1.165) is 11.4 Å². The van der Waals surface area contributed by atoms with Crippen LogP contribution in [-0.4, -0.2) is 23.4 Å². The number of oxazole rings is 1. The van der Waals surface area contributed by atoms with Gasteiger partial charge in [0.1, 0.15) is 17.5 Å². The zero-order chi connectivity index (χ0) is 25.3. The first kappa shape index (κ1) is 23.1. The summed E-state index contributed by atoms with van der Waals surface area (Å²) in [5, 5.41) is 6.48. The van der Waals surface area contributed by atoms with E-state index in [2.05, 4.69) is 30.3 Å². The van der Waals surface area contributed by atoms with Gasteiger partial charge in [0.15, 0.2) is 5.58 Å². The van der Waals surface area contributed by atoms with Crippen molar-refractivity contribution in [1.82, 2.24) is 15.0 Å². The van der Waals surface area contributed by atoms with Crippen LogP contribution >= 0.6 is 0 Å². The molecule has 2 heterocycles. The van der Waals surface area contributed by atoms with Crippen LogP contribution in [0.3, 0.4) is 0 Å². The highest BCUT2D eigenvalue weighted by Gasteiger charge is 2.16. The molecule has 182 valence electrons. The van der Waals surface area contributed by atoms with E-state index in [9.17, 15) is 13.2 Å². The lowest BCUT2D eigenvalue weighted by Gasteiger charge is -2.12. The predicted octanol–water partition coefficient (Wildman–Crippen LogP) is 4.82. The normalized spacial score (nSPS) is 11.4. The van der Waals surface area contributed by atoms with Gasteiger partial charge in [0.05, 0.1) is 10.4 Å². The lowest BCUT2D eigenvalue weighted by atomic mass is 10.2. The minimum Gasteiger partial charge on any atom is -0.408 e. The molecular formula is C25H22N6O4S. The Morgan fingerprint density at radius 2 is 1.36 bits per heavy atom. The van der Waals surface area contributed by atoms with Crippen LogP contribution in [0.5, 0.6) is 0 Å². The van der Waals surface area contributed by atoms with Gasteiger partial charge in [-0.1, -0.05) is 17.7 Å². The maximum absolute atomic E-state index is 12.8. The first-order chi connectivity index (χ1) is 17.2. The monoisotopic (exact) mass is 502 g/mol. The molecule has 0 spiro atoms. The van der Waals surface area contributed by atoms with E-state index >= 15 is 0 Å². The van der Waals surface area contributed by atoms with Gasteiger partial charge in [-0.2, -0.15) is 0 Å². The smallest absolute Gasteiger partial charge is 0.408 e. The van der Waals surface area contributed by atoms with Crippen molar-refractivity contribution in [3.8, 4) is 0 Å². The van der Waals surface area contributed by atoms with Crippen LogP contribution in [0.4, 0.5) is 28.7 Å². The second-order valence-corrected chi connectivity index (χ2v) is 9.84. The van der Waals surface area contributed by atoms with Gasteiger partial charge in [-0.05, 0) is 68.4 Å². The Labute approximate surface area is 206 Å². The first-order valence-corrected chi connectivity index (χ1v) is 12.4. The van der Waals surface area contributed by atoms with E-state index in [0.29, 0.717) is 28.7 Å². The maximum atomic E-state index is 12.8. The molecular weight excluding hydrogens is 480 g/mol. The lowest BCUT2D eigenvalue weighted by Crippen LogP contribution is -2.12. The molecule has 2 aromatic heterocycles. The summed E-state index contributed by atoms with van der Waals surface area (Å²) >= 11 is 0. The number of aryl methyl sites for hydroxylation is 2. The fraction of sp³-hybridized carbons (Fsp3) is 0.0800. The Balaban J connectivity index is 1.29. The zero-order valence-electron chi connectivity index (χ0n) is 19.4. The number of nitrogens with zero attached hydrogens (tertiary/aromatic N) is 2. The zero-order valence-corrected chi connectivity index (χ0v) is 20.2. The van der Waals surface area contributed by atoms with Crippen LogP contribution in [0.1, 0.15) is 11.4 Å². The number of aromatic amines is 1. The molecule has 0 saturated heterocycles. The summed E-state index contributed by atoms with van der Waals surface area (Å²) in [5.41, 5.74) is 3.77. The summed E-state index contributed by atoms with van der Waals surface area (Å²) in [7, 11) is -3.87. The van der Waals surface area contributed by atoms with E-state index in [1.54, 1.807) is 37.3 Å². The average molecular weight is 503 g/mol. The summed E-state index contributed by atoms with van der Waals surface area (Å²) in [4.78, 5) is 22.6. The molecule has 0 aliphatic heterocycles. The van der Waals surface area contributed by atoms with Crippen molar-refractivity contribution in [2.75, 3.05) is 15.4 Å². The van der Waals surface area contributed by atoms with Gasteiger partial charge in [-0.25, -0.2) is 23.2 Å². The number of anilines is 5. The minimum absolute atomic E-state index is 0.000631. The Morgan fingerprint density at radius 3 is 2.00 bits per heavy atom. The largest absolute Gasteiger partial charge is 0.417 e. The van der Waals surface area contributed by atoms with Gasteiger partial charge in [-0.3, -0.25) is 9.71 Å². The third kappa shape index (κ3) is 5.20. The summed E-state index contributed by atoms with van der Waals surface area (Å²) in [6.07, 6.45) is 0. The quantitative estimate of drug-likeness (QED) is 0.248. The molecule has 0 aliphatic rings. The molecule has 0 unspecified atom stereocenters. The topological polar surface area (TPSA) is 142 Å². The number of benzene rings is 3. The molecule has 10 nitrogen and oxygen atoms in total. The number of hydrogen-bond acceptors (Lipinski definition) is 8. The van der Waals surface area contributed by atoms with Crippen molar-refractivity contribution in [2.45, 2.75) is 18.7 Å². The summed E-state index contributed by atoms with van der Waals surface area (Å²) in [5.74, 6) is 1.18. The Morgan fingerprint density at radius 1 is 0.778 bits per heavy atom. The Kier molecular flexibility index (Phi) is 5.90. The number of nitrogens with one attached hydrogen (secondary N) is 4. The van der Waals surface area contributed by atoms with Crippen molar-refractivity contribution in [1.29, 1.82) is 0 Å². The first-order valence-electron chi connectivity index (χ1n) is 11.0. The molecule has 0 bridgehead atoms. The highest BCUT2D eigenvalue weighted by Crippen LogP contribution is 2.24. The molecule has 36 heavy (non-hydrogen) atoms. The van der Waals surface area contributed by atoms with Crippen LogP contribution in [0, 0.1) is 13.8 Å².